The maximum absolute atomic E-state index is 5.03. The van der Waals surface area contributed by atoms with Crippen molar-refractivity contribution in [3.63, 3.8) is 0 Å². The number of benzene rings is 2. The first-order chi connectivity index (χ1) is 12.7. The Labute approximate surface area is 153 Å². The van der Waals surface area contributed by atoms with Crippen molar-refractivity contribution in [2.75, 3.05) is 27.2 Å². The molecule has 4 nitrogen and oxygen atoms in total. The summed E-state index contributed by atoms with van der Waals surface area (Å²) in [5.74, 6) is 0. The second kappa shape index (κ2) is 7.36. The van der Waals surface area contributed by atoms with E-state index in [1.165, 1.54) is 10.8 Å². The van der Waals surface area contributed by atoms with Crippen LogP contribution in [-0.4, -0.2) is 42.1 Å². The molecule has 0 aliphatic heterocycles. The zero-order valence-electron chi connectivity index (χ0n) is 15.4. The third-order valence-electron chi connectivity index (χ3n) is 4.76. The summed E-state index contributed by atoms with van der Waals surface area (Å²) in [6.45, 7) is 2.85. The van der Waals surface area contributed by atoms with E-state index in [2.05, 4.69) is 66.8 Å². The highest BCUT2D eigenvalue weighted by Crippen LogP contribution is 2.29. The topological polar surface area (TPSA) is 41.0 Å². The highest BCUT2D eigenvalue weighted by molar-refractivity contribution is 6.13. The lowest BCUT2D eigenvalue weighted by molar-refractivity contribution is 0.394. The summed E-state index contributed by atoms with van der Waals surface area (Å²) in [7, 11) is 4.22. The number of nitrogens with one attached hydrogen (secondary N) is 1. The van der Waals surface area contributed by atoms with Crippen molar-refractivity contribution in [1.82, 2.24) is 20.2 Å². The van der Waals surface area contributed by atoms with E-state index in [0.29, 0.717) is 0 Å². The Morgan fingerprint density at radius 2 is 1.62 bits per heavy atom. The van der Waals surface area contributed by atoms with Gasteiger partial charge in [-0.3, -0.25) is 4.98 Å². The number of fused-ring (bicyclic) bond motifs is 5. The Hall–Kier alpha value is -2.56. The Bertz CT molecular complexity index is 1060. The van der Waals surface area contributed by atoms with E-state index in [9.17, 15) is 0 Å². The summed E-state index contributed by atoms with van der Waals surface area (Å²) >= 11 is 0. The molecule has 0 bridgehead atoms. The largest absolute Gasteiger partial charge is 0.311 e. The number of hydrogen-bond acceptors (Lipinski definition) is 4. The molecule has 0 saturated carbocycles. The van der Waals surface area contributed by atoms with Gasteiger partial charge in [-0.1, -0.05) is 48.5 Å². The van der Waals surface area contributed by atoms with Crippen molar-refractivity contribution in [1.29, 1.82) is 0 Å². The zero-order valence-corrected chi connectivity index (χ0v) is 15.4. The summed E-state index contributed by atoms with van der Waals surface area (Å²) in [5, 5.41) is 8.21. The van der Waals surface area contributed by atoms with Crippen molar-refractivity contribution in [3.05, 3.63) is 60.4 Å². The molecule has 0 fully saturated rings. The molecule has 0 radical (unpaired) electrons. The molecule has 4 rings (SSSR count). The van der Waals surface area contributed by atoms with Gasteiger partial charge in [0.05, 0.1) is 16.7 Å². The molecule has 0 aliphatic rings. The first-order valence-electron chi connectivity index (χ1n) is 9.14. The van der Waals surface area contributed by atoms with Gasteiger partial charge in [0.1, 0.15) is 0 Å². The molecular formula is C22H24N4. The van der Waals surface area contributed by atoms with Gasteiger partial charge in [0.2, 0.25) is 0 Å². The number of aromatic nitrogens is 2. The molecule has 0 amide bonds. The number of hydrogen-bond donors (Lipinski definition) is 1. The van der Waals surface area contributed by atoms with Crippen LogP contribution in [0.5, 0.6) is 0 Å². The predicted molar refractivity (Wildman–Crippen MR) is 109 cm³/mol. The maximum Gasteiger partial charge on any atom is 0.0975 e. The molecule has 2 aromatic carbocycles. The molecule has 0 aliphatic carbocycles. The van der Waals surface area contributed by atoms with Gasteiger partial charge in [-0.15, -0.1) is 0 Å². The van der Waals surface area contributed by atoms with Crippen LogP contribution in [0.1, 0.15) is 12.1 Å². The van der Waals surface area contributed by atoms with Crippen molar-refractivity contribution >= 4 is 32.6 Å². The van der Waals surface area contributed by atoms with Crippen molar-refractivity contribution in [3.8, 4) is 0 Å². The predicted octanol–water partition coefficient (Wildman–Crippen LogP) is 3.98. The highest BCUT2D eigenvalue weighted by atomic mass is 15.1. The molecule has 2 aromatic heterocycles. The van der Waals surface area contributed by atoms with E-state index < -0.39 is 0 Å². The second-order valence-electron chi connectivity index (χ2n) is 6.98. The first-order valence-corrected chi connectivity index (χ1v) is 9.14. The van der Waals surface area contributed by atoms with Gasteiger partial charge in [-0.05, 0) is 33.6 Å². The number of rotatable bonds is 6. The van der Waals surface area contributed by atoms with Gasteiger partial charge in [-0.25, -0.2) is 4.98 Å². The highest BCUT2D eigenvalue weighted by Gasteiger charge is 2.11. The monoisotopic (exact) mass is 344 g/mol. The Morgan fingerprint density at radius 1 is 0.885 bits per heavy atom. The zero-order chi connectivity index (χ0) is 17.9. The fourth-order valence-corrected chi connectivity index (χ4v) is 3.46. The van der Waals surface area contributed by atoms with Crippen LogP contribution in [0.4, 0.5) is 0 Å². The van der Waals surface area contributed by atoms with Crippen molar-refractivity contribution < 1.29 is 0 Å². The third kappa shape index (κ3) is 3.26. The fourth-order valence-electron chi connectivity index (χ4n) is 3.46. The van der Waals surface area contributed by atoms with Crippen molar-refractivity contribution in [2.45, 2.75) is 13.0 Å². The van der Waals surface area contributed by atoms with Gasteiger partial charge in [0, 0.05) is 34.3 Å². The number of nitrogens with zero attached hydrogens (tertiary/aromatic N) is 3. The standard InChI is InChI=1S/C22H24N4/c1-26(2)13-7-12-23-15-20-18-10-5-6-11-19(18)21-22(25-20)17-9-4-3-8-16(17)14-24-21/h3-6,8-11,14,23H,7,12-13,15H2,1-2H3. The summed E-state index contributed by atoms with van der Waals surface area (Å²) in [6, 6.07) is 16.8. The molecule has 0 unspecified atom stereocenters. The van der Waals surface area contributed by atoms with Crippen LogP contribution in [-0.2, 0) is 6.54 Å². The molecule has 0 atom stereocenters. The molecule has 0 saturated heterocycles. The third-order valence-corrected chi connectivity index (χ3v) is 4.76. The van der Waals surface area contributed by atoms with Gasteiger partial charge in [0.25, 0.3) is 0 Å². The van der Waals surface area contributed by atoms with Crippen LogP contribution < -0.4 is 5.32 Å². The molecule has 0 spiro atoms. The normalized spacial score (nSPS) is 11.8. The van der Waals surface area contributed by atoms with Crippen LogP contribution >= 0.6 is 0 Å². The summed E-state index contributed by atoms with van der Waals surface area (Å²) in [6.07, 6.45) is 3.08. The SMILES string of the molecule is CN(C)CCCNCc1nc2c3ccccc3cnc2c2ccccc12. The Morgan fingerprint density at radius 3 is 2.42 bits per heavy atom. The van der Waals surface area contributed by atoms with Gasteiger partial charge in [-0.2, -0.15) is 0 Å². The van der Waals surface area contributed by atoms with Crippen LogP contribution in [0.3, 0.4) is 0 Å². The first kappa shape index (κ1) is 16.9. The van der Waals surface area contributed by atoms with Crippen LogP contribution in [0, 0.1) is 0 Å². The van der Waals surface area contributed by atoms with E-state index in [1.807, 2.05) is 12.3 Å². The molecular weight excluding hydrogens is 320 g/mol. The van der Waals surface area contributed by atoms with Crippen LogP contribution in [0.15, 0.2) is 54.7 Å². The molecule has 26 heavy (non-hydrogen) atoms. The molecule has 4 aromatic rings. The smallest absolute Gasteiger partial charge is 0.0975 e. The van der Waals surface area contributed by atoms with Gasteiger partial charge < -0.3 is 10.2 Å². The Kier molecular flexibility index (Phi) is 4.78. The van der Waals surface area contributed by atoms with E-state index in [0.717, 1.165) is 53.6 Å². The van der Waals surface area contributed by atoms with E-state index in [1.54, 1.807) is 0 Å². The summed E-state index contributed by atoms with van der Waals surface area (Å²) in [5.41, 5.74) is 3.07. The number of pyridine rings is 2. The van der Waals surface area contributed by atoms with E-state index in [-0.39, 0.29) is 0 Å². The summed E-state index contributed by atoms with van der Waals surface area (Å²) in [4.78, 5) is 12.0. The fraction of sp³-hybridized carbons (Fsp3) is 0.273. The van der Waals surface area contributed by atoms with Crippen LogP contribution in [0.2, 0.25) is 0 Å². The van der Waals surface area contributed by atoms with Gasteiger partial charge in [0.15, 0.2) is 0 Å². The Balaban J connectivity index is 1.76. The molecule has 132 valence electrons. The average molecular weight is 344 g/mol. The van der Waals surface area contributed by atoms with E-state index in [4.69, 9.17) is 9.97 Å². The van der Waals surface area contributed by atoms with E-state index >= 15 is 0 Å². The summed E-state index contributed by atoms with van der Waals surface area (Å²) < 4.78 is 0. The lowest BCUT2D eigenvalue weighted by atomic mass is 10.0. The quantitative estimate of drug-likeness (QED) is 0.424. The van der Waals surface area contributed by atoms with Crippen molar-refractivity contribution in [2.24, 2.45) is 0 Å². The molecule has 4 heteroatoms. The minimum absolute atomic E-state index is 0.771. The lowest BCUT2D eigenvalue weighted by Gasteiger charge is -2.12. The molecule has 1 N–H and O–H groups in total. The minimum Gasteiger partial charge on any atom is -0.311 e. The maximum atomic E-state index is 5.03. The molecule has 2 heterocycles. The van der Waals surface area contributed by atoms with Crippen LogP contribution in [0.25, 0.3) is 32.6 Å². The van der Waals surface area contributed by atoms with Gasteiger partial charge >= 0.3 is 0 Å². The lowest BCUT2D eigenvalue weighted by Crippen LogP contribution is -2.21. The second-order valence-corrected chi connectivity index (χ2v) is 6.98. The average Bonchev–Trinajstić information content (AvgIpc) is 2.67. The minimum atomic E-state index is 0.771.